The zero-order valence-electron chi connectivity index (χ0n) is 26.4. The molecule has 1 saturated carbocycles. The number of nitrogens with zero attached hydrogens (tertiary/aromatic N) is 1. The molecule has 0 unspecified atom stereocenters. The highest BCUT2D eigenvalue weighted by molar-refractivity contribution is 7.90. The SMILES string of the molecule is C[C@@H]1[C@@H](C)CCC[C@H](CS(C)(=O)=O)[C@@H]2CC[C@H]2CN2C[C@@]3(CCCc4cc(Cl)ccc43)COc3ccc(cc32)C(=O)NS1(=O)=O. The maximum atomic E-state index is 13.4. The van der Waals surface area contributed by atoms with E-state index in [1.54, 1.807) is 25.1 Å². The molecule has 1 fully saturated rings. The van der Waals surface area contributed by atoms with E-state index in [9.17, 15) is 21.6 Å². The van der Waals surface area contributed by atoms with Crippen LogP contribution in [0.15, 0.2) is 36.4 Å². The van der Waals surface area contributed by atoms with Gasteiger partial charge >= 0.3 is 0 Å². The summed E-state index contributed by atoms with van der Waals surface area (Å²) in [5.41, 5.74) is 3.23. The van der Waals surface area contributed by atoms with Crippen molar-refractivity contribution in [2.75, 3.05) is 36.6 Å². The Balaban J connectivity index is 1.43. The molecule has 2 aromatic rings. The molecule has 2 aliphatic carbocycles. The Morgan fingerprint density at radius 3 is 2.60 bits per heavy atom. The number of hydrogen-bond donors (Lipinski definition) is 1. The van der Waals surface area contributed by atoms with E-state index in [1.165, 1.54) is 17.4 Å². The maximum absolute atomic E-state index is 13.4. The van der Waals surface area contributed by atoms with Crippen molar-refractivity contribution in [3.63, 3.8) is 0 Å². The van der Waals surface area contributed by atoms with Gasteiger partial charge in [0.2, 0.25) is 10.0 Å². The van der Waals surface area contributed by atoms with Gasteiger partial charge in [-0.25, -0.2) is 21.6 Å². The first-order valence-electron chi connectivity index (χ1n) is 16.3. The third-order valence-corrected chi connectivity index (χ3v) is 14.3. The Labute approximate surface area is 273 Å². The lowest BCUT2D eigenvalue weighted by molar-refractivity contribution is 0.0980. The number of benzene rings is 2. The molecule has 2 aliphatic heterocycles. The van der Waals surface area contributed by atoms with Crippen LogP contribution in [0.2, 0.25) is 5.02 Å². The van der Waals surface area contributed by atoms with Gasteiger partial charge in [-0.2, -0.15) is 0 Å². The summed E-state index contributed by atoms with van der Waals surface area (Å²) in [4.78, 5) is 15.8. The second kappa shape index (κ2) is 12.4. The highest BCUT2D eigenvalue weighted by atomic mass is 35.5. The van der Waals surface area contributed by atoms with E-state index < -0.39 is 31.0 Å². The van der Waals surface area contributed by atoms with Gasteiger partial charge in [-0.15, -0.1) is 0 Å². The van der Waals surface area contributed by atoms with E-state index in [0.29, 0.717) is 37.8 Å². The monoisotopic (exact) mass is 676 g/mol. The van der Waals surface area contributed by atoms with Crippen LogP contribution in [-0.2, 0) is 31.7 Å². The summed E-state index contributed by atoms with van der Waals surface area (Å²) in [5.74, 6) is 0.556. The average molecular weight is 677 g/mol. The first-order valence-corrected chi connectivity index (χ1v) is 20.3. The van der Waals surface area contributed by atoms with Crippen molar-refractivity contribution < 1.29 is 26.4 Å². The van der Waals surface area contributed by atoms with Crippen molar-refractivity contribution >= 4 is 43.1 Å². The fourth-order valence-corrected chi connectivity index (χ4v) is 11.0. The smallest absolute Gasteiger partial charge is 0.264 e. The zero-order valence-corrected chi connectivity index (χ0v) is 28.8. The minimum Gasteiger partial charge on any atom is -0.490 e. The number of rotatable bonds is 2. The molecule has 0 saturated heterocycles. The van der Waals surface area contributed by atoms with Gasteiger partial charge in [0, 0.05) is 35.3 Å². The quantitative estimate of drug-likeness (QED) is 0.430. The van der Waals surface area contributed by atoms with E-state index in [1.807, 2.05) is 13.0 Å². The summed E-state index contributed by atoms with van der Waals surface area (Å²) in [5, 5.41) is -0.0586. The molecular weight excluding hydrogens is 632 g/mol. The summed E-state index contributed by atoms with van der Waals surface area (Å²) >= 11 is 6.41. The topological polar surface area (TPSA) is 110 Å². The molecule has 2 heterocycles. The molecule has 2 aromatic carbocycles. The summed E-state index contributed by atoms with van der Waals surface area (Å²) in [6.45, 7) is 5.39. The second-order valence-electron chi connectivity index (χ2n) is 14.2. The fraction of sp³-hybridized carbons (Fsp3) is 0.618. The number of aryl methyl sites for hydroxylation is 1. The van der Waals surface area contributed by atoms with Gasteiger partial charge in [-0.1, -0.05) is 31.0 Å². The minimum absolute atomic E-state index is 0.0195. The normalized spacial score (nSPS) is 31.9. The predicted octanol–water partition coefficient (Wildman–Crippen LogP) is 5.77. The summed E-state index contributed by atoms with van der Waals surface area (Å²) < 4.78 is 60.7. The number of sulfone groups is 1. The van der Waals surface area contributed by atoms with E-state index in [2.05, 4.69) is 21.8 Å². The molecule has 11 heteroatoms. The third kappa shape index (κ3) is 6.75. The van der Waals surface area contributed by atoms with Crippen LogP contribution in [0.1, 0.15) is 80.3 Å². The largest absolute Gasteiger partial charge is 0.490 e. The van der Waals surface area contributed by atoms with Crippen molar-refractivity contribution in [2.45, 2.75) is 75.9 Å². The summed E-state index contributed by atoms with van der Waals surface area (Å²) in [6, 6.07) is 11.3. The molecule has 1 amide bonds. The molecule has 6 atom stereocenters. The number of sulfonamides is 1. The fourth-order valence-electron chi connectivity index (χ4n) is 8.31. The Morgan fingerprint density at radius 2 is 1.87 bits per heavy atom. The maximum Gasteiger partial charge on any atom is 0.264 e. The molecule has 1 N–H and O–H groups in total. The number of nitrogens with one attached hydrogen (secondary N) is 1. The van der Waals surface area contributed by atoms with Crippen molar-refractivity contribution in [3.8, 4) is 5.75 Å². The van der Waals surface area contributed by atoms with Gasteiger partial charge in [0.25, 0.3) is 5.91 Å². The number of carbonyl (C=O) groups is 1. The molecule has 0 radical (unpaired) electrons. The van der Waals surface area contributed by atoms with Crippen LogP contribution in [0, 0.1) is 23.7 Å². The van der Waals surface area contributed by atoms with Crippen LogP contribution in [0.5, 0.6) is 5.75 Å². The van der Waals surface area contributed by atoms with Gasteiger partial charge in [0.1, 0.15) is 15.6 Å². The van der Waals surface area contributed by atoms with Gasteiger partial charge in [0.05, 0.1) is 23.3 Å². The van der Waals surface area contributed by atoms with Gasteiger partial charge in [-0.3, -0.25) is 4.79 Å². The Kier molecular flexibility index (Phi) is 8.98. The first-order chi connectivity index (χ1) is 21.2. The van der Waals surface area contributed by atoms with Gasteiger partial charge in [-0.05, 0) is 117 Å². The molecule has 0 aromatic heterocycles. The predicted molar refractivity (Wildman–Crippen MR) is 178 cm³/mol. The van der Waals surface area contributed by atoms with Crippen molar-refractivity contribution in [1.82, 2.24) is 4.72 Å². The van der Waals surface area contributed by atoms with Gasteiger partial charge < -0.3 is 9.64 Å². The molecule has 6 rings (SSSR count). The van der Waals surface area contributed by atoms with Crippen molar-refractivity contribution in [3.05, 3.63) is 58.1 Å². The van der Waals surface area contributed by atoms with Crippen LogP contribution >= 0.6 is 11.6 Å². The van der Waals surface area contributed by atoms with Crippen LogP contribution in [0.4, 0.5) is 5.69 Å². The highest BCUT2D eigenvalue weighted by Gasteiger charge is 2.45. The lowest BCUT2D eigenvalue weighted by atomic mass is 9.65. The molecule has 246 valence electrons. The van der Waals surface area contributed by atoms with E-state index in [4.69, 9.17) is 16.3 Å². The minimum atomic E-state index is -3.94. The molecular formula is C34H45ClN2O6S2. The van der Waals surface area contributed by atoms with Crippen molar-refractivity contribution in [2.24, 2.45) is 23.7 Å². The number of fused-ring (bicyclic) bond motifs is 4. The van der Waals surface area contributed by atoms with Crippen molar-refractivity contribution in [1.29, 1.82) is 0 Å². The third-order valence-electron chi connectivity index (χ3n) is 11.1. The first kappa shape index (κ1) is 32.6. The Morgan fingerprint density at radius 1 is 1.07 bits per heavy atom. The average Bonchev–Trinajstić information content (AvgIpc) is 3.10. The number of halogens is 1. The van der Waals surface area contributed by atoms with E-state index in [-0.39, 0.29) is 34.5 Å². The summed E-state index contributed by atoms with van der Waals surface area (Å²) in [7, 11) is -7.13. The molecule has 45 heavy (non-hydrogen) atoms. The van der Waals surface area contributed by atoms with E-state index >= 15 is 0 Å². The summed E-state index contributed by atoms with van der Waals surface area (Å²) in [6.07, 6.45) is 8.34. The molecule has 8 nitrogen and oxygen atoms in total. The zero-order chi connectivity index (χ0) is 32.1. The highest BCUT2D eigenvalue weighted by Crippen LogP contribution is 2.48. The Hall–Kier alpha value is -2.30. The number of anilines is 1. The standard InChI is InChI=1S/C34H45ClN2O6S2/c1-22-6-4-7-27(19-44(3,39)40)29-12-9-26(29)18-37-20-34(15-5-8-24-16-28(35)11-13-30(24)34)21-43-32-14-10-25(17-31(32)37)33(38)36-45(41,42)23(22)2/h10-11,13-14,16-17,22-23,26-27,29H,4-9,12,15,18-21H2,1-3H3,(H,36,38)/t22-,23+,26-,27+,29+,34-/m0/s1. The van der Waals surface area contributed by atoms with Crippen LogP contribution in [0.25, 0.3) is 0 Å². The molecule has 2 bridgehead atoms. The lowest BCUT2D eigenvalue weighted by Crippen LogP contribution is -2.49. The van der Waals surface area contributed by atoms with Crippen LogP contribution in [-0.4, -0.2) is 59.7 Å². The number of carbonyl (C=O) groups excluding carboxylic acids is 1. The van der Waals surface area contributed by atoms with E-state index in [0.717, 1.165) is 55.7 Å². The van der Waals surface area contributed by atoms with Crippen LogP contribution in [0.3, 0.4) is 0 Å². The second-order valence-corrected chi connectivity index (χ2v) is 18.9. The number of amides is 1. The molecule has 4 aliphatic rings. The van der Waals surface area contributed by atoms with Crippen LogP contribution < -0.4 is 14.4 Å². The lowest BCUT2D eigenvalue weighted by Gasteiger charge is -2.47. The van der Waals surface area contributed by atoms with Gasteiger partial charge in [0.15, 0.2) is 0 Å². The Bertz CT molecular complexity index is 1680. The molecule has 1 spiro atoms. The number of ether oxygens (including phenoxy) is 1. The number of hydrogen-bond acceptors (Lipinski definition) is 7.